The number of hydrogen-bond acceptors (Lipinski definition) is 2. The molecule has 11 heavy (non-hydrogen) atoms. The fourth-order valence-electron chi connectivity index (χ4n) is 0.826. The lowest BCUT2D eigenvalue weighted by Crippen LogP contribution is -2.07. The molecule has 3 heteroatoms. The van der Waals surface area contributed by atoms with Crippen LogP contribution in [0.2, 0.25) is 0 Å². The molecule has 0 saturated heterocycles. The Bertz CT molecular complexity index is 235. The van der Waals surface area contributed by atoms with Crippen molar-refractivity contribution in [1.29, 1.82) is 0 Å². The predicted octanol–water partition coefficient (Wildman–Crippen LogP) is 1.57. The van der Waals surface area contributed by atoms with Gasteiger partial charge in [0.05, 0.1) is 11.4 Å². The average Bonchev–Trinajstić information content (AvgIpc) is 2.05. The molecule has 0 aliphatic heterocycles. The van der Waals surface area contributed by atoms with Gasteiger partial charge in [-0.25, -0.2) is 4.39 Å². The molecule has 2 N–H and O–H groups in total. The number of nitrogens with two attached hydrogens (primary N) is 1. The first-order valence-corrected chi connectivity index (χ1v) is 3.51. The molecule has 0 aliphatic rings. The first-order chi connectivity index (χ1) is 5.24. The van der Waals surface area contributed by atoms with E-state index in [9.17, 15) is 4.39 Å². The summed E-state index contributed by atoms with van der Waals surface area (Å²) in [7, 11) is 0. The van der Waals surface area contributed by atoms with Crippen molar-refractivity contribution < 1.29 is 4.39 Å². The molecule has 1 aromatic rings. The van der Waals surface area contributed by atoms with Crippen LogP contribution in [0.1, 0.15) is 24.4 Å². The molecule has 1 heterocycles. The number of pyridine rings is 1. The van der Waals surface area contributed by atoms with E-state index in [1.807, 2.05) is 6.92 Å². The lowest BCUT2D eigenvalue weighted by atomic mass is 10.2. The first-order valence-electron chi connectivity index (χ1n) is 3.51. The molecule has 0 fully saturated rings. The van der Waals surface area contributed by atoms with Crippen molar-refractivity contribution >= 4 is 0 Å². The number of nitrogens with zero attached hydrogens (tertiary/aromatic N) is 1. The fourth-order valence-corrected chi connectivity index (χ4v) is 0.826. The highest BCUT2D eigenvalue weighted by atomic mass is 19.1. The van der Waals surface area contributed by atoms with Crippen molar-refractivity contribution in [1.82, 2.24) is 4.98 Å². The van der Waals surface area contributed by atoms with E-state index in [2.05, 4.69) is 4.98 Å². The molecule has 0 aliphatic carbocycles. The molecule has 0 saturated carbocycles. The summed E-state index contributed by atoms with van der Waals surface area (Å²) in [4.78, 5) is 3.99. The predicted molar refractivity (Wildman–Crippen MR) is 41.7 cm³/mol. The van der Waals surface area contributed by atoms with Gasteiger partial charge in [0.25, 0.3) is 0 Å². The third kappa shape index (κ3) is 1.98. The minimum absolute atomic E-state index is 0.124. The van der Waals surface area contributed by atoms with Crippen LogP contribution in [0, 0.1) is 0 Å². The second-order valence-electron chi connectivity index (χ2n) is 2.48. The van der Waals surface area contributed by atoms with Crippen LogP contribution in [0.5, 0.6) is 0 Å². The van der Waals surface area contributed by atoms with Gasteiger partial charge in [0.1, 0.15) is 6.67 Å². The monoisotopic (exact) mass is 154 g/mol. The number of halogens is 1. The Labute approximate surface area is 65.3 Å². The zero-order valence-corrected chi connectivity index (χ0v) is 6.42. The van der Waals surface area contributed by atoms with Gasteiger partial charge in [0.15, 0.2) is 0 Å². The minimum atomic E-state index is -0.527. The van der Waals surface area contributed by atoms with Crippen molar-refractivity contribution in [2.75, 3.05) is 0 Å². The molecular weight excluding hydrogens is 143 g/mol. The summed E-state index contributed by atoms with van der Waals surface area (Å²) in [6.45, 7) is 1.30. The van der Waals surface area contributed by atoms with Crippen molar-refractivity contribution in [3.63, 3.8) is 0 Å². The Morgan fingerprint density at radius 2 is 2.36 bits per heavy atom. The van der Waals surface area contributed by atoms with E-state index in [0.29, 0.717) is 5.69 Å². The van der Waals surface area contributed by atoms with Crippen LogP contribution < -0.4 is 5.73 Å². The molecule has 0 amide bonds. The maximum atomic E-state index is 12.1. The Morgan fingerprint density at radius 1 is 1.64 bits per heavy atom. The molecule has 0 aromatic carbocycles. The molecule has 60 valence electrons. The second-order valence-corrected chi connectivity index (χ2v) is 2.48. The van der Waals surface area contributed by atoms with Gasteiger partial charge in [-0.2, -0.15) is 0 Å². The molecule has 0 spiro atoms. The number of alkyl halides is 1. The van der Waals surface area contributed by atoms with Gasteiger partial charge in [0.2, 0.25) is 0 Å². The summed E-state index contributed by atoms with van der Waals surface area (Å²) in [5.41, 5.74) is 6.73. The number of rotatable bonds is 2. The van der Waals surface area contributed by atoms with Crippen LogP contribution >= 0.6 is 0 Å². The molecule has 1 atom stereocenters. The Balaban J connectivity index is 2.91. The third-order valence-electron chi connectivity index (χ3n) is 1.43. The van der Waals surface area contributed by atoms with Crippen LogP contribution in [-0.4, -0.2) is 4.98 Å². The van der Waals surface area contributed by atoms with Gasteiger partial charge in [-0.15, -0.1) is 0 Å². The molecular formula is C8H11FN2. The van der Waals surface area contributed by atoms with Crippen molar-refractivity contribution in [2.45, 2.75) is 19.6 Å². The van der Waals surface area contributed by atoms with E-state index in [0.717, 1.165) is 5.69 Å². The standard InChI is InChI=1S/C8H11FN2/c1-6(10)8-4-2-3-7(5-9)11-8/h2-4,6H,5,10H2,1H3. The lowest BCUT2D eigenvalue weighted by molar-refractivity contribution is 0.474. The van der Waals surface area contributed by atoms with Gasteiger partial charge in [-0.1, -0.05) is 6.07 Å². The number of aromatic nitrogens is 1. The van der Waals surface area contributed by atoms with Crippen LogP contribution in [-0.2, 0) is 6.67 Å². The summed E-state index contributed by atoms with van der Waals surface area (Å²) < 4.78 is 12.1. The Morgan fingerprint density at radius 3 is 2.91 bits per heavy atom. The zero-order valence-electron chi connectivity index (χ0n) is 6.42. The SMILES string of the molecule is CC(N)c1cccc(CF)n1. The lowest BCUT2D eigenvalue weighted by Gasteiger charge is -2.04. The quantitative estimate of drug-likeness (QED) is 0.702. The molecule has 0 bridgehead atoms. The molecule has 1 aromatic heterocycles. The van der Waals surface area contributed by atoms with Crippen molar-refractivity contribution in [3.8, 4) is 0 Å². The van der Waals surface area contributed by atoms with Gasteiger partial charge in [-0.05, 0) is 19.1 Å². The van der Waals surface area contributed by atoms with Crippen LogP contribution in [0.25, 0.3) is 0 Å². The summed E-state index contributed by atoms with van der Waals surface area (Å²) >= 11 is 0. The fraction of sp³-hybridized carbons (Fsp3) is 0.375. The van der Waals surface area contributed by atoms with E-state index >= 15 is 0 Å². The van der Waals surface area contributed by atoms with Crippen LogP contribution in [0.15, 0.2) is 18.2 Å². The van der Waals surface area contributed by atoms with E-state index in [4.69, 9.17) is 5.73 Å². The minimum Gasteiger partial charge on any atom is -0.323 e. The van der Waals surface area contributed by atoms with Gasteiger partial charge in [-0.3, -0.25) is 4.98 Å². The largest absolute Gasteiger partial charge is 0.323 e. The van der Waals surface area contributed by atoms with Crippen LogP contribution in [0.4, 0.5) is 4.39 Å². The maximum absolute atomic E-state index is 12.1. The summed E-state index contributed by atoms with van der Waals surface area (Å²) in [6, 6.07) is 5.08. The summed E-state index contributed by atoms with van der Waals surface area (Å²) in [6.07, 6.45) is 0. The molecule has 1 rings (SSSR count). The van der Waals surface area contributed by atoms with E-state index in [1.54, 1.807) is 18.2 Å². The third-order valence-corrected chi connectivity index (χ3v) is 1.43. The summed E-state index contributed by atoms with van der Waals surface area (Å²) in [5, 5.41) is 0. The topological polar surface area (TPSA) is 38.9 Å². The highest BCUT2D eigenvalue weighted by Crippen LogP contribution is 2.07. The smallest absolute Gasteiger partial charge is 0.131 e. The van der Waals surface area contributed by atoms with Gasteiger partial charge in [0, 0.05) is 6.04 Å². The van der Waals surface area contributed by atoms with Crippen molar-refractivity contribution in [3.05, 3.63) is 29.6 Å². The summed E-state index contributed by atoms with van der Waals surface area (Å²) in [5.74, 6) is 0. The zero-order chi connectivity index (χ0) is 8.27. The maximum Gasteiger partial charge on any atom is 0.131 e. The molecule has 1 unspecified atom stereocenters. The number of hydrogen-bond donors (Lipinski definition) is 1. The first kappa shape index (κ1) is 8.14. The Kier molecular flexibility index (Phi) is 2.54. The normalized spacial score (nSPS) is 13.0. The average molecular weight is 154 g/mol. The highest BCUT2D eigenvalue weighted by Gasteiger charge is 2.00. The Hall–Kier alpha value is -0.960. The molecule has 2 nitrogen and oxygen atoms in total. The van der Waals surface area contributed by atoms with E-state index in [1.165, 1.54) is 0 Å². The van der Waals surface area contributed by atoms with E-state index < -0.39 is 6.67 Å². The molecule has 0 radical (unpaired) electrons. The van der Waals surface area contributed by atoms with Gasteiger partial charge < -0.3 is 5.73 Å². The van der Waals surface area contributed by atoms with Gasteiger partial charge >= 0.3 is 0 Å². The van der Waals surface area contributed by atoms with Crippen LogP contribution in [0.3, 0.4) is 0 Å². The van der Waals surface area contributed by atoms with E-state index in [-0.39, 0.29) is 6.04 Å². The second kappa shape index (κ2) is 3.44. The van der Waals surface area contributed by atoms with Crippen molar-refractivity contribution in [2.24, 2.45) is 5.73 Å². The highest BCUT2D eigenvalue weighted by molar-refractivity contribution is 5.12.